The lowest BCUT2D eigenvalue weighted by Gasteiger charge is -2.31. The lowest BCUT2D eigenvalue weighted by Crippen LogP contribution is -2.40. The van der Waals surface area contributed by atoms with E-state index >= 15 is 0 Å². The Morgan fingerprint density at radius 2 is 2.21 bits per heavy atom. The number of H-pyrrole nitrogens is 1. The van der Waals surface area contributed by atoms with E-state index < -0.39 is 10.0 Å². The van der Waals surface area contributed by atoms with Crippen molar-refractivity contribution >= 4 is 26.0 Å². The summed E-state index contributed by atoms with van der Waals surface area (Å²) in [4.78, 5) is 0.354. The molecule has 2 rings (SSSR count). The second-order valence-electron chi connectivity index (χ2n) is 5.11. The summed E-state index contributed by atoms with van der Waals surface area (Å²) in [5.41, 5.74) is 1.18. The Labute approximate surface area is 122 Å². The fourth-order valence-electron chi connectivity index (χ4n) is 2.68. The van der Waals surface area contributed by atoms with Crippen molar-refractivity contribution in [3.63, 3.8) is 0 Å². The van der Waals surface area contributed by atoms with Gasteiger partial charge in [0.25, 0.3) is 0 Å². The number of aryl methyl sites for hydroxylation is 2. The highest BCUT2D eigenvalue weighted by Gasteiger charge is 2.33. The molecule has 2 heterocycles. The minimum absolute atomic E-state index is 0.354. The van der Waals surface area contributed by atoms with Crippen LogP contribution in [0, 0.1) is 19.8 Å². The van der Waals surface area contributed by atoms with Gasteiger partial charge in [0.1, 0.15) is 4.90 Å². The van der Waals surface area contributed by atoms with Gasteiger partial charge in [-0.1, -0.05) is 15.9 Å². The highest BCUT2D eigenvalue weighted by Crippen LogP contribution is 2.28. The second kappa shape index (κ2) is 5.93. The highest BCUT2D eigenvalue weighted by molar-refractivity contribution is 9.09. The molecule has 19 heavy (non-hydrogen) atoms. The van der Waals surface area contributed by atoms with Crippen LogP contribution in [0.4, 0.5) is 0 Å². The van der Waals surface area contributed by atoms with Crippen LogP contribution in [-0.2, 0) is 10.0 Å². The Morgan fingerprint density at radius 3 is 2.79 bits per heavy atom. The SMILES string of the molecule is Cc1n[nH]c(C)c1S(=O)(=O)N1CCCC(CCBr)C1. The zero-order valence-electron chi connectivity index (χ0n) is 11.3. The van der Waals surface area contributed by atoms with E-state index in [0.29, 0.717) is 35.3 Å². The molecule has 0 spiro atoms. The van der Waals surface area contributed by atoms with Crippen LogP contribution in [0.1, 0.15) is 30.7 Å². The van der Waals surface area contributed by atoms with Crippen LogP contribution in [0.25, 0.3) is 0 Å². The van der Waals surface area contributed by atoms with E-state index in [9.17, 15) is 8.42 Å². The topological polar surface area (TPSA) is 66.1 Å². The van der Waals surface area contributed by atoms with Crippen LogP contribution < -0.4 is 0 Å². The fourth-order valence-corrected chi connectivity index (χ4v) is 5.22. The third-order valence-corrected chi connectivity index (χ3v) is 6.24. The largest absolute Gasteiger partial charge is 0.281 e. The molecule has 1 aromatic heterocycles. The van der Waals surface area contributed by atoms with Crippen molar-refractivity contribution in [1.29, 1.82) is 0 Å². The van der Waals surface area contributed by atoms with Crippen LogP contribution in [-0.4, -0.2) is 41.3 Å². The van der Waals surface area contributed by atoms with E-state index in [1.54, 1.807) is 18.2 Å². The minimum atomic E-state index is -3.41. The van der Waals surface area contributed by atoms with Crippen molar-refractivity contribution in [3.05, 3.63) is 11.4 Å². The maximum Gasteiger partial charge on any atom is 0.246 e. The summed E-state index contributed by atoms with van der Waals surface area (Å²) in [7, 11) is -3.41. The highest BCUT2D eigenvalue weighted by atomic mass is 79.9. The number of nitrogens with zero attached hydrogens (tertiary/aromatic N) is 2. The number of nitrogens with one attached hydrogen (secondary N) is 1. The number of alkyl halides is 1. The van der Waals surface area contributed by atoms with Crippen molar-refractivity contribution in [2.75, 3.05) is 18.4 Å². The van der Waals surface area contributed by atoms with Gasteiger partial charge in [0.15, 0.2) is 0 Å². The molecular weight excluding hydrogens is 330 g/mol. The summed E-state index contributed by atoms with van der Waals surface area (Å²) in [5.74, 6) is 0.454. The number of aromatic amines is 1. The molecule has 1 aliphatic rings. The summed E-state index contributed by atoms with van der Waals surface area (Å²) >= 11 is 3.43. The number of aromatic nitrogens is 2. The number of sulfonamides is 1. The maximum absolute atomic E-state index is 12.7. The summed E-state index contributed by atoms with van der Waals surface area (Å²) < 4.78 is 27.0. The van der Waals surface area contributed by atoms with Gasteiger partial charge in [-0.15, -0.1) is 0 Å². The molecule has 0 aliphatic carbocycles. The Hall–Kier alpha value is -0.400. The predicted octanol–water partition coefficient (Wildman–Crippen LogP) is 2.21. The Bertz CT molecular complexity index is 520. The van der Waals surface area contributed by atoms with Crippen LogP contribution in [0.15, 0.2) is 4.90 Å². The summed E-state index contributed by atoms with van der Waals surface area (Å²) in [6, 6.07) is 0. The molecule has 0 radical (unpaired) electrons. The third-order valence-electron chi connectivity index (χ3n) is 3.66. The van der Waals surface area contributed by atoms with Gasteiger partial charge in [-0.2, -0.15) is 9.40 Å². The van der Waals surface area contributed by atoms with E-state index in [2.05, 4.69) is 26.1 Å². The van der Waals surface area contributed by atoms with E-state index in [-0.39, 0.29) is 0 Å². The predicted molar refractivity (Wildman–Crippen MR) is 78.0 cm³/mol. The molecule has 0 amide bonds. The Morgan fingerprint density at radius 1 is 1.47 bits per heavy atom. The summed E-state index contributed by atoms with van der Waals surface area (Å²) in [6.45, 7) is 4.73. The van der Waals surface area contributed by atoms with Crippen LogP contribution in [0.2, 0.25) is 0 Å². The molecule has 0 bridgehead atoms. The number of rotatable bonds is 4. The number of piperidine rings is 1. The molecule has 1 aliphatic heterocycles. The van der Waals surface area contributed by atoms with E-state index in [0.717, 1.165) is 24.6 Å². The summed E-state index contributed by atoms with van der Waals surface area (Å²) in [6.07, 6.45) is 3.07. The second-order valence-corrected chi connectivity index (χ2v) is 7.78. The first-order valence-electron chi connectivity index (χ1n) is 6.54. The Balaban J connectivity index is 2.25. The molecule has 1 aromatic rings. The van der Waals surface area contributed by atoms with E-state index in [1.165, 1.54) is 0 Å². The van der Waals surface area contributed by atoms with Gasteiger partial charge in [-0.25, -0.2) is 8.42 Å². The van der Waals surface area contributed by atoms with Crippen molar-refractivity contribution in [3.8, 4) is 0 Å². The van der Waals surface area contributed by atoms with Gasteiger partial charge in [0.2, 0.25) is 10.0 Å². The van der Waals surface area contributed by atoms with Crippen molar-refractivity contribution in [1.82, 2.24) is 14.5 Å². The molecule has 5 nitrogen and oxygen atoms in total. The van der Waals surface area contributed by atoms with Crippen molar-refractivity contribution in [2.45, 2.75) is 38.0 Å². The molecule has 1 atom stereocenters. The fraction of sp³-hybridized carbons (Fsp3) is 0.750. The standard InChI is InChI=1S/C12H20BrN3O2S/c1-9-12(10(2)15-14-9)19(17,18)16-7-3-4-11(8-16)5-6-13/h11H,3-8H2,1-2H3,(H,14,15). The van der Waals surface area contributed by atoms with Crippen LogP contribution in [0.3, 0.4) is 0 Å². The minimum Gasteiger partial charge on any atom is -0.281 e. The molecule has 1 unspecified atom stereocenters. The molecule has 0 saturated carbocycles. The van der Waals surface area contributed by atoms with E-state index in [1.807, 2.05) is 0 Å². The number of hydrogen-bond donors (Lipinski definition) is 1. The van der Waals surface area contributed by atoms with Crippen molar-refractivity contribution < 1.29 is 8.42 Å². The van der Waals surface area contributed by atoms with Gasteiger partial charge >= 0.3 is 0 Å². The van der Waals surface area contributed by atoms with Gasteiger partial charge in [-0.3, -0.25) is 5.10 Å². The lowest BCUT2D eigenvalue weighted by atomic mass is 9.97. The quantitative estimate of drug-likeness (QED) is 0.847. The van der Waals surface area contributed by atoms with Gasteiger partial charge < -0.3 is 0 Å². The molecule has 1 saturated heterocycles. The molecule has 108 valence electrons. The number of halogens is 1. The maximum atomic E-state index is 12.7. The van der Waals surface area contributed by atoms with Crippen LogP contribution >= 0.6 is 15.9 Å². The van der Waals surface area contributed by atoms with Gasteiger partial charge in [0.05, 0.1) is 11.4 Å². The zero-order valence-corrected chi connectivity index (χ0v) is 13.7. The molecule has 7 heteroatoms. The smallest absolute Gasteiger partial charge is 0.246 e. The summed E-state index contributed by atoms with van der Waals surface area (Å²) in [5, 5.41) is 7.68. The molecule has 1 N–H and O–H groups in total. The normalized spacial score (nSPS) is 21.7. The van der Waals surface area contributed by atoms with E-state index in [4.69, 9.17) is 0 Å². The third kappa shape index (κ3) is 3.03. The molecular formula is C12H20BrN3O2S. The number of hydrogen-bond acceptors (Lipinski definition) is 3. The lowest BCUT2D eigenvalue weighted by molar-refractivity contribution is 0.263. The Kier molecular flexibility index (Phi) is 4.68. The zero-order chi connectivity index (χ0) is 14.0. The van der Waals surface area contributed by atoms with Gasteiger partial charge in [0, 0.05) is 18.4 Å². The average molecular weight is 350 g/mol. The first-order chi connectivity index (χ1) is 8.96. The first kappa shape index (κ1) is 15.0. The monoisotopic (exact) mass is 349 g/mol. The molecule has 1 fully saturated rings. The van der Waals surface area contributed by atoms with Crippen molar-refractivity contribution in [2.24, 2.45) is 5.92 Å². The molecule has 0 aromatic carbocycles. The first-order valence-corrected chi connectivity index (χ1v) is 9.10. The average Bonchev–Trinajstić information content (AvgIpc) is 2.70. The van der Waals surface area contributed by atoms with Crippen LogP contribution in [0.5, 0.6) is 0 Å². The van der Waals surface area contributed by atoms with Gasteiger partial charge in [-0.05, 0) is 39.0 Å².